The van der Waals surface area contributed by atoms with Crippen LogP contribution in [0.25, 0.3) is 0 Å². The smallest absolute Gasteiger partial charge is 0.230 e. The van der Waals surface area contributed by atoms with Crippen LogP contribution in [0, 0.1) is 0 Å². The standard InChI is InChI=1S/C14H19ClN2O/c15-12-5-3-11(4-6-12)14(7-8-14)13(18)17-10-2-1-9-16/h3-6H,1-2,7-10,16H2,(H,17,18). The van der Waals surface area contributed by atoms with E-state index >= 15 is 0 Å². The summed E-state index contributed by atoms with van der Waals surface area (Å²) in [5.74, 6) is 0.141. The number of hydrogen-bond acceptors (Lipinski definition) is 2. The molecule has 0 spiro atoms. The zero-order chi connectivity index (χ0) is 13.0. The molecule has 0 aromatic heterocycles. The van der Waals surface area contributed by atoms with Crippen molar-refractivity contribution in [2.24, 2.45) is 5.73 Å². The molecule has 1 aromatic carbocycles. The molecule has 3 nitrogen and oxygen atoms in total. The fourth-order valence-electron chi connectivity index (χ4n) is 2.18. The zero-order valence-electron chi connectivity index (χ0n) is 10.4. The van der Waals surface area contributed by atoms with E-state index in [1.54, 1.807) is 0 Å². The molecule has 1 saturated carbocycles. The molecule has 0 radical (unpaired) electrons. The van der Waals surface area contributed by atoms with E-state index in [9.17, 15) is 4.79 Å². The van der Waals surface area contributed by atoms with Gasteiger partial charge >= 0.3 is 0 Å². The first kappa shape index (κ1) is 13.4. The summed E-state index contributed by atoms with van der Waals surface area (Å²) in [5, 5.41) is 3.71. The summed E-state index contributed by atoms with van der Waals surface area (Å²) in [6, 6.07) is 7.60. The van der Waals surface area contributed by atoms with Gasteiger partial charge in [0.15, 0.2) is 0 Å². The fraction of sp³-hybridized carbons (Fsp3) is 0.500. The topological polar surface area (TPSA) is 55.1 Å². The van der Waals surface area contributed by atoms with Crippen LogP contribution in [0.1, 0.15) is 31.2 Å². The molecular weight excluding hydrogens is 248 g/mol. The Balaban J connectivity index is 1.94. The number of carbonyl (C=O) groups is 1. The highest BCUT2D eigenvalue weighted by atomic mass is 35.5. The SMILES string of the molecule is NCCCCNC(=O)C1(c2ccc(Cl)cc2)CC1. The summed E-state index contributed by atoms with van der Waals surface area (Å²) < 4.78 is 0. The van der Waals surface area contributed by atoms with Gasteiger partial charge < -0.3 is 11.1 Å². The van der Waals surface area contributed by atoms with Gasteiger partial charge in [-0.15, -0.1) is 0 Å². The summed E-state index contributed by atoms with van der Waals surface area (Å²) >= 11 is 5.87. The Bertz CT molecular complexity index is 412. The van der Waals surface area contributed by atoms with E-state index in [-0.39, 0.29) is 11.3 Å². The van der Waals surface area contributed by atoms with Crippen LogP contribution in [0.3, 0.4) is 0 Å². The number of hydrogen-bond donors (Lipinski definition) is 2. The fourth-order valence-corrected chi connectivity index (χ4v) is 2.31. The molecule has 1 aliphatic rings. The van der Waals surface area contributed by atoms with Crippen LogP contribution in [0.4, 0.5) is 0 Å². The van der Waals surface area contributed by atoms with Crippen LogP contribution in [-0.2, 0) is 10.2 Å². The Morgan fingerprint density at radius 2 is 1.94 bits per heavy atom. The Morgan fingerprint density at radius 3 is 2.50 bits per heavy atom. The molecule has 98 valence electrons. The molecule has 1 aromatic rings. The highest BCUT2D eigenvalue weighted by Crippen LogP contribution is 2.48. The maximum absolute atomic E-state index is 12.2. The van der Waals surface area contributed by atoms with Crippen LogP contribution < -0.4 is 11.1 Å². The van der Waals surface area contributed by atoms with Gasteiger partial charge in [0, 0.05) is 11.6 Å². The maximum atomic E-state index is 12.2. The molecule has 1 aliphatic carbocycles. The molecule has 4 heteroatoms. The summed E-state index contributed by atoms with van der Waals surface area (Å²) in [6.07, 6.45) is 3.75. The van der Waals surface area contributed by atoms with Gasteiger partial charge in [-0.1, -0.05) is 23.7 Å². The van der Waals surface area contributed by atoms with Gasteiger partial charge in [-0.2, -0.15) is 0 Å². The van der Waals surface area contributed by atoms with Crippen molar-refractivity contribution in [3.63, 3.8) is 0 Å². The Hall–Kier alpha value is -1.06. The minimum atomic E-state index is -0.298. The molecule has 2 rings (SSSR count). The van der Waals surface area contributed by atoms with Crippen molar-refractivity contribution < 1.29 is 4.79 Å². The number of halogens is 1. The lowest BCUT2D eigenvalue weighted by Gasteiger charge is -2.15. The monoisotopic (exact) mass is 266 g/mol. The van der Waals surface area contributed by atoms with Crippen LogP contribution in [0.2, 0.25) is 5.02 Å². The number of carbonyl (C=O) groups excluding carboxylic acids is 1. The quantitative estimate of drug-likeness (QED) is 0.776. The third-order valence-electron chi connectivity index (χ3n) is 3.50. The van der Waals surface area contributed by atoms with Crippen molar-refractivity contribution in [2.75, 3.05) is 13.1 Å². The van der Waals surface area contributed by atoms with Gasteiger partial charge in [0.05, 0.1) is 5.41 Å². The minimum Gasteiger partial charge on any atom is -0.355 e. The third kappa shape index (κ3) is 2.85. The lowest BCUT2D eigenvalue weighted by molar-refractivity contribution is -0.123. The van der Waals surface area contributed by atoms with Crippen molar-refractivity contribution in [2.45, 2.75) is 31.1 Å². The highest BCUT2D eigenvalue weighted by Gasteiger charge is 2.50. The molecule has 18 heavy (non-hydrogen) atoms. The summed E-state index contributed by atoms with van der Waals surface area (Å²) in [6.45, 7) is 1.39. The van der Waals surface area contributed by atoms with Crippen LogP contribution >= 0.6 is 11.6 Å². The average molecular weight is 267 g/mol. The summed E-state index contributed by atoms with van der Waals surface area (Å²) in [4.78, 5) is 12.2. The summed E-state index contributed by atoms with van der Waals surface area (Å²) in [7, 11) is 0. The van der Waals surface area contributed by atoms with Gasteiger partial charge in [-0.3, -0.25) is 4.79 Å². The van der Waals surface area contributed by atoms with E-state index in [1.165, 1.54) is 0 Å². The lowest BCUT2D eigenvalue weighted by Crippen LogP contribution is -2.35. The molecule has 0 atom stereocenters. The molecule has 3 N–H and O–H groups in total. The van der Waals surface area contributed by atoms with Crippen LogP contribution in [-0.4, -0.2) is 19.0 Å². The third-order valence-corrected chi connectivity index (χ3v) is 3.75. The van der Waals surface area contributed by atoms with Crippen LogP contribution in [0.15, 0.2) is 24.3 Å². The second-order valence-corrected chi connectivity index (χ2v) is 5.28. The molecule has 0 bridgehead atoms. The molecule has 0 aliphatic heterocycles. The largest absolute Gasteiger partial charge is 0.355 e. The van der Waals surface area contributed by atoms with Crippen molar-refractivity contribution in [1.82, 2.24) is 5.32 Å². The number of rotatable bonds is 6. The van der Waals surface area contributed by atoms with Crippen molar-refractivity contribution in [1.29, 1.82) is 0 Å². The predicted molar refractivity (Wildman–Crippen MR) is 73.7 cm³/mol. The van der Waals surface area contributed by atoms with Gasteiger partial charge in [-0.25, -0.2) is 0 Å². The second kappa shape index (κ2) is 5.72. The van der Waals surface area contributed by atoms with Crippen molar-refractivity contribution in [3.8, 4) is 0 Å². The number of benzene rings is 1. The number of nitrogens with two attached hydrogens (primary N) is 1. The molecule has 0 heterocycles. The first-order valence-electron chi connectivity index (χ1n) is 6.43. The van der Waals surface area contributed by atoms with E-state index in [4.69, 9.17) is 17.3 Å². The van der Waals surface area contributed by atoms with Crippen LogP contribution in [0.5, 0.6) is 0 Å². The molecule has 1 fully saturated rings. The van der Waals surface area contributed by atoms with E-state index in [0.717, 1.165) is 31.2 Å². The maximum Gasteiger partial charge on any atom is 0.230 e. The lowest BCUT2D eigenvalue weighted by atomic mass is 9.95. The van der Waals surface area contributed by atoms with Crippen molar-refractivity contribution >= 4 is 17.5 Å². The van der Waals surface area contributed by atoms with E-state index < -0.39 is 0 Å². The van der Waals surface area contributed by atoms with Crippen molar-refractivity contribution in [3.05, 3.63) is 34.9 Å². The van der Waals surface area contributed by atoms with E-state index in [2.05, 4.69) is 5.32 Å². The Kier molecular flexibility index (Phi) is 4.25. The average Bonchev–Trinajstić information content (AvgIpc) is 3.17. The Labute approximate surface area is 113 Å². The normalized spacial score (nSPS) is 16.3. The van der Waals surface area contributed by atoms with E-state index in [0.29, 0.717) is 18.1 Å². The molecule has 0 saturated heterocycles. The van der Waals surface area contributed by atoms with Gasteiger partial charge in [0.2, 0.25) is 5.91 Å². The molecular formula is C14H19ClN2O. The van der Waals surface area contributed by atoms with Gasteiger partial charge in [0.1, 0.15) is 0 Å². The number of amides is 1. The summed E-state index contributed by atoms with van der Waals surface area (Å²) in [5.41, 5.74) is 6.20. The minimum absolute atomic E-state index is 0.141. The number of nitrogens with one attached hydrogen (secondary N) is 1. The predicted octanol–water partition coefficient (Wildman–Crippen LogP) is 2.23. The van der Waals surface area contributed by atoms with Gasteiger partial charge in [0.25, 0.3) is 0 Å². The van der Waals surface area contributed by atoms with E-state index in [1.807, 2.05) is 24.3 Å². The zero-order valence-corrected chi connectivity index (χ0v) is 11.2. The first-order valence-corrected chi connectivity index (χ1v) is 6.81. The van der Waals surface area contributed by atoms with Gasteiger partial charge in [-0.05, 0) is 49.9 Å². The first-order chi connectivity index (χ1) is 8.69. The molecule has 0 unspecified atom stereocenters. The number of unbranched alkanes of at least 4 members (excludes halogenated alkanes) is 1. The Morgan fingerprint density at radius 1 is 1.28 bits per heavy atom. The second-order valence-electron chi connectivity index (χ2n) is 4.84. The molecule has 1 amide bonds. The highest BCUT2D eigenvalue weighted by molar-refractivity contribution is 6.30.